The number of benzene rings is 2. The Morgan fingerprint density at radius 3 is 2.53 bits per heavy atom. The minimum atomic E-state index is -0.0441. The van der Waals surface area contributed by atoms with Crippen molar-refractivity contribution in [1.82, 2.24) is 15.5 Å². The Labute approximate surface area is 191 Å². The fourth-order valence-corrected chi connectivity index (χ4v) is 3.70. The van der Waals surface area contributed by atoms with Gasteiger partial charge in [-0.1, -0.05) is 31.2 Å². The molecule has 1 heterocycles. The highest BCUT2D eigenvalue weighted by atomic mass is 16.3. The maximum atomic E-state index is 12.4. The van der Waals surface area contributed by atoms with E-state index in [0.717, 1.165) is 56.4 Å². The molecule has 1 unspecified atom stereocenters. The highest BCUT2D eigenvalue weighted by Gasteiger charge is 2.21. The topological polar surface area (TPSA) is 80.2 Å². The van der Waals surface area contributed by atoms with Crippen LogP contribution in [-0.2, 0) is 6.54 Å². The number of nitrogens with zero attached hydrogens (tertiary/aromatic N) is 3. The third kappa shape index (κ3) is 6.15. The largest absolute Gasteiger partial charge is 0.506 e. The smallest absolute Gasteiger partial charge is 0.251 e. The number of nitrogens with one attached hydrogen (secondary N) is 2. The Balaban J connectivity index is 1.64. The second kappa shape index (κ2) is 11.4. The minimum absolute atomic E-state index is 0.0441. The Bertz CT molecular complexity index is 922. The zero-order valence-electron chi connectivity index (χ0n) is 19.3. The van der Waals surface area contributed by atoms with Gasteiger partial charge in [-0.2, -0.15) is 0 Å². The number of carbonyl (C=O) groups excluding carboxylic acids is 1. The van der Waals surface area contributed by atoms with Crippen molar-refractivity contribution in [2.75, 3.05) is 37.6 Å². The van der Waals surface area contributed by atoms with Crippen LogP contribution in [0.5, 0.6) is 5.75 Å². The van der Waals surface area contributed by atoms with Crippen LogP contribution in [0.2, 0.25) is 0 Å². The Hall–Kier alpha value is -3.22. The molecule has 7 heteroatoms. The SMILES string of the molecule is CCNC(=NCc1cccc(C(=O)NC(C)CC)c1)N1CCN(c2ccccc2O)CC1. The number of amides is 1. The lowest BCUT2D eigenvalue weighted by atomic mass is 10.1. The average molecular weight is 438 g/mol. The van der Waals surface area contributed by atoms with E-state index in [-0.39, 0.29) is 11.9 Å². The molecular weight excluding hydrogens is 402 g/mol. The summed E-state index contributed by atoms with van der Waals surface area (Å²) < 4.78 is 0. The second-order valence-corrected chi connectivity index (χ2v) is 8.12. The molecule has 32 heavy (non-hydrogen) atoms. The van der Waals surface area contributed by atoms with E-state index in [1.54, 1.807) is 6.07 Å². The van der Waals surface area contributed by atoms with Gasteiger partial charge in [-0.3, -0.25) is 4.79 Å². The van der Waals surface area contributed by atoms with Crippen molar-refractivity contribution in [1.29, 1.82) is 0 Å². The zero-order chi connectivity index (χ0) is 22.9. The van der Waals surface area contributed by atoms with Crippen LogP contribution in [-0.4, -0.2) is 60.6 Å². The van der Waals surface area contributed by atoms with E-state index >= 15 is 0 Å². The highest BCUT2D eigenvalue weighted by Crippen LogP contribution is 2.27. The van der Waals surface area contributed by atoms with Crippen LogP contribution >= 0.6 is 0 Å². The standard InChI is InChI=1S/C25H35N5O2/c1-4-19(3)28-24(32)21-10-8-9-20(17-21)18-27-25(26-5-2)30-15-13-29(14-16-30)22-11-6-7-12-23(22)31/h6-12,17,19,31H,4-5,13-16,18H2,1-3H3,(H,26,27)(H,28,32). The van der Waals surface area contributed by atoms with Gasteiger partial charge in [0.25, 0.3) is 5.91 Å². The number of rotatable bonds is 7. The fourth-order valence-electron chi connectivity index (χ4n) is 3.70. The average Bonchev–Trinajstić information content (AvgIpc) is 2.82. The Kier molecular flexibility index (Phi) is 8.36. The van der Waals surface area contributed by atoms with Gasteiger partial charge in [0.2, 0.25) is 0 Å². The number of guanidine groups is 1. The number of anilines is 1. The molecule has 0 aliphatic carbocycles. The molecule has 1 amide bonds. The summed E-state index contributed by atoms with van der Waals surface area (Å²) >= 11 is 0. The van der Waals surface area contributed by atoms with Crippen LogP contribution < -0.4 is 15.5 Å². The van der Waals surface area contributed by atoms with Crippen molar-refractivity contribution in [2.24, 2.45) is 4.99 Å². The summed E-state index contributed by atoms with van der Waals surface area (Å²) in [5, 5.41) is 16.5. The highest BCUT2D eigenvalue weighted by molar-refractivity contribution is 5.94. The molecule has 3 rings (SSSR count). The van der Waals surface area contributed by atoms with Crippen LogP contribution in [0.1, 0.15) is 43.1 Å². The predicted molar refractivity (Wildman–Crippen MR) is 130 cm³/mol. The monoisotopic (exact) mass is 437 g/mol. The summed E-state index contributed by atoms with van der Waals surface area (Å²) in [4.78, 5) is 21.7. The predicted octanol–water partition coefficient (Wildman–Crippen LogP) is 3.21. The number of para-hydroxylation sites is 2. The van der Waals surface area contributed by atoms with Crippen molar-refractivity contribution >= 4 is 17.6 Å². The van der Waals surface area contributed by atoms with E-state index in [4.69, 9.17) is 4.99 Å². The fraction of sp³-hybridized carbons (Fsp3) is 0.440. The third-order valence-corrected chi connectivity index (χ3v) is 5.73. The molecule has 7 nitrogen and oxygen atoms in total. The van der Waals surface area contributed by atoms with Crippen molar-refractivity contribution in [3.8, 4) is 5.75 Å². The number of hydrogen-bond acceptors (Lipinski definition) is 4. The van der Waals surface area contributed by atoms with E-state index < -0.39 is 0 Å². The maximum Gasteiger partial charge on any atom is 0.251 e. The molecule has 1 atom stereocenters. The van der Waals surface area contributed by atoms with Gasteiger partial charge < -0.3 is 25.5 Å². The van der Waals surface area contributed by atoms with E-state index in [2.05, 4.69) is 34.3 Å². The molecule has 2 aromatic rings. The molecule has 172 valence electrons. The van der Waals surface area contributed by atoms with E-state index in [1.807, 2.05) is 49.4 Å². The van der Waals surface area contributed by atoms with Crippen LogP contribution in [0.25, 0.3) is 0 Å². The summed E-state index contributed by atoms with van der Waals surface area (Å²) in [6, 6.07) is 15.3. The number of phenolic OH excluding ortho intramolecular Hbond substituents is 1. The third-order valence-electron chi connectivity index (χ3n) is 5.73. The summed E-state index contributed by atoms with van der Waals surface area (Å²) in [7, 11) is 0. The van der Waals surface area contributed by atoms with E-state index in [9.17, 15) is 9.90 Å². The molecule has 2 aromatic carbocycles. The van der Waals surface area contributed by atoms with Gasteiger partial charge >= 0.3 is 0 Å². The number of aliphatic imine (C=N–C) groups is 1. The maximum absolute atomic E-state index is 12.4. The lowest BCUT2D eigenvalue weighted by Crippen LogP contribution is -2.52. The lowest BCUT2D eigenvalue weighted by Gasteiger charge is -2.37. The molecule has 3 N–H and O–H groups in total. The summed E-state index contributed by atoms with van der Waals surface area (Å²) in [5.74, 6) is 1.15. The molecule has 1 fully saturated rings. The second-order valence-electron chi connectivity index (χ2n) is 8.12. The van der Waals surface area contributed by atoms with E-state index in [0.29, 0.717) is 17.9 Å². The van der Waals surface area contributed by atoms with Crippen molar-refractivity contribution in [3.05, 3.63) is 59.7 Å². The molecule has 1 aliphatic heterocycles. The van der Waals surface area contributed by atoms with Crippen LogP contribution in [0.4, 0.5) is 5.69 Å². The number of phenols is 1. The molecule has 1 aliphatic rings. The summed E-state index contributed by atoms with van der Waals surface area (Å²) in [6.45, 7) is 10.7. The molecule has 0 aromatic heterocycles. The Morgan fingerprint density at radius 1 is 1.09 bits per heavy atom. The van der Waals surface area contributed by atoms with Gasteiger partial charge in [0, 0.05) is 44.3 Å². The van der Waals surface area contributed by atoms with Gasteiger partial charge in [0.1, 0.15) is 5.75 Å². The normalized spacial score (nSPS) is 15.4. The number of piperazine rings is 1. The summed E-state index contributed by atoms with van der Waals surface area (Å²) in [6.07, 6.45) is 0.902. The zero-order valence-corrected chi connectivity index (χ0v) is 19.3. The van der Waals surface area contributed by atoms with Gasteiger partial charge in [-0.25, -0.2) is 4.99 Å². The van der Waals surface area contributed by atoms with Gasteiger partial charge in [-0.15, -0.1) is 0 Å². The molecule has 1 saturated heterocycles. The van der Waals surface area contributed by atoms with Gasteiger partial charge in [0.05, 0.1) is 12.2 Å². The van der Waals surface area contributed by atoms with Crippen molar-refractivity contribution in [3.63, 3.8) is 0 Å². The molecule has 0 bridgehead atoms. The van der Waals surface area contributed by atoms with Gasteiger partial charge in [0.15, 0.2) is 5.96 Å². The first kappa shape index (κ1) is 23.4. The molecule has 0 saturated carbocycles. The number of carbonyl (C=O) groups is 1. The van der Waals surface area contributed by atoms with Crippen LogP contribution in [0.15, 0.2) is 53.5 Å². The van der Waals surface area contributed by atoms with E-state index in [1.165, 1.54) is 0 Å². The Morgan fingerprint density at radius 2 is 1.84 bits per heavy atom. The van der Waals surface area contributed by atoms with Crippen LogP contribution in [0.3, 0.4) is 0 Å². The first-order valence-electron chi connectivity index (χ1n) is 11.5. The van der Waals surface area contributed by atoms with Crippen LogP contribution in [0, 0.1) is 0 Å². The quantitative estimate of drug-likeness (QED) is 0.458. The number of hydrogen-bond donors (Lipinski definition) is 3. The molecular formula is C25H35N5O2. The summed E-state index contributed by atoms with van der Waals surface area (Å²) in [5.41, 5.74) is 2.55. The van der Waals surface area contributed by atoms with Gasteiger partial charge in [-0.05, 0) is 50.1 Å². The lowest BCUT2D eigenvalue weighted by molar-refractivity contribution is 0.0939. The van der Waals surface area contributed by atoms with Crippen molar-refractivity contribution in [2.45, 2.75) is 39.8 Å². The first-order chi connectivity index (χ1) is 15.5. The molecule has 0 spiro atoms. The molecule has 0 radical (unpaired) electrons. The first-order valence-corrected chi connectivity index (χ1v) is 11.5. The minimum Gasteiger partial charge on any atom is -0.506 e. The van der Waals surface area contributed by atoms with Crippen molar-refractivity contribution < 1.29 is 9.90 Å². The number of aromatic hydroxyl groups is 1.